The summed E-state index contributed by atoms with van der Waals surface area (Å²) in [6, 6.07) is 7.03. The van der Waals surface area contributed by atoms with Gasteiger partial charge in [-0.2, -0.15) is 0 Å². The Morgan fingerprint density at radius 1 is 1.07 bits per heavy atom. The summed E-state index contributed by atoms with van der Waals surface area (Å²) >= 11 is 3.27. The lowest BCUT2D eigenvalue weighted by atomic mass is 10.1. The van der Waals surface area contributed by atoms with E-state index in [1.54, 1.807) is 24.3 Å². The lowest BCUT2D eigenvalue weighted by Crippen LogP contribution is -2.25. The standard InChI is InChI=1S/C10H9BrN2O2/c11-7-3-1-6(2-4-7)5-8(9(12)14)10(13)15/h1-5H,(H2,12,14)(H2,13,15). The minimum atomic E-state index is -0.828. The summed E-state index contributed by atoms with van der Waals surface area (Å²) in [5, 5.41) is 0. The number of hydrogen-bond acceptors (Lipinski definition) is 2. The number of benzene rings is 1. The molecule has 0 fully saturated rings. The Hall–Kier alpha value is -1.62. The smallest absolute Gasteiger partial charge is 0.254 e. The molecule has 1 rings (SSSR count). The van der Waals surface area contributed by atoms with Crippen molar-refractivity contribution in [2.75, 3.05) is 0 Å². The minimum absolute atomic E-state index is 0.211. The number of amides is 2. The zero-order chi connectivity index (χ0) is 11.4. The summed E-state index contributed by atoms with van der Waals surface area (Å²) in [5.74, 6) is -1.66. The lowest BCUT2D eigenvalue weighted by molar-refractivity contribution is -0.120. The van der Waals surface area contributed by atoms with Crippen molar-refractivity contribution in [2.45, 2.75) is 0 Å². The number of rotatable bonds is 3. The molecule has 1 aromatic carbocycles. The number of primary amides is 2. The summed E-state index contributed by atoms with van der Waals surface area (Å²) in [7, 11) is 0. The maximum atomic E-state index is 10.9. The summed E-state index contributed by atoms with van der Waals surface area (Å²) in [6.45, 7) is 0. The molecule has 0 atom stereocenters. The summed E-state index contributed by atoms with van der Waals surface area (Å²) in [5.41, 5.74) is 10.5. The molecule has 0 aliphatic heterocycles. The van der Waals surface area contributed by atoms with Crippen LogP contribution in [0.4, 0.5) is 0 Å². The first-order valence-electron chi connectivity index (χ1n) is 4.07. The maximum absolute atomic E-state index is 10.9. The van der Waals surface area contributed by atoms with Gasteiger partial charge < -0.3 is 11.5 Å². The summed E-state index contributed by atoms with van der Waals surface area (Å²) in [4.78, 5) is 21.7. The highest BCUT2D eigenvalue weighted by Crippen LogP contribution is 2.13. The van der Waals surface area contributed by atoms with E-state index < -0.39 is 11.8 Å². The molecule has 5 heteroatoms. The Morgan fingerprint density at radius 3 is 1.93 bits per heavy atom. The molecule has 2 amide bonds. The van der Waals surface area contributed by atoms with Gasteiger partial charge in [0.05, 0.1) is 0 Å². The van der Waals surface area contributed by atoms with Gasteiger partial charge in [-0.15, -0.1) is 0 Å². The molecule has 0 saturated heterocycles. The van der Waals surface area contributed by atoms with Crippen molar-refractivity contribution >= 4 is 33.8 Å². The average molecular weight is 269 g/mol. The van der Waals surface area contributed by atoms with Gasteiger partial charge in [-0.3, -0.25) is 9.59 Å². The fourth-order valence-electron chi connectivity index (χ4n) is 0.989. The Kier molecular flexibility index (Phi) is 3.62. The van der Waals surface area contributed by atoms with Gasteiger partial charge in [-0.25, -0.2) is 0 Å². The van der Waals surface area contributed by atoms with E-state index in [4.69, 9.17) is 11.5 Å². The third kappa shape index (κ3) is 3.21. The molecular formula is C10H9BrN2O2. The van der Waals surface area contributed by atoms with Gasteiger partial charge in [-0.05, 0) is 23.8 Å². The number of nitrogens with two attached hydrogens (primary N) is 2. The van der Waals surface area contributed by atoms with Crippen molar-refractivity contribution in [1.29, 1.82) is 0 Å². The number of carbonyl (C=O) groups is 2. The number of hydrogen-bond donors (Lipinski definition) is 2. The Morgan fingerprint density at radius 2 is 1.53 bits per heavy atom. The van der Waals surface area contributed by atoms with Gasteiger partial charge in [0.1, 0.15) is 5.57 Å². The molecule has 0 radical (unpaired) electrons. The second-order valence-corrected chi connectivity index (χ2v) is 3.75. The summed E-state index contributed by atoms with van der Waals surface area (Å²) < 4.78 is 0.902. The van der Waals surface area contributed by atoms with Crippen LogP contribution in [0.15, 0.2) is 34.3 Å². The van der Waals surface area contributed by atoms with E-state index in [1.807, 2.05) is 0 Å². The first kappa shape index (κ1) is 11.5. The van der Waals surface area contributed by atoms with E-state index in [0.29, 0.717) is 5.56 Å². The lowest BCUT2D eigenvalue weighted by Gasteiger charge is -1.98. The Labute approximate surface area is 95.1 Å². The maximum Gasteiger partial charge on any atom is 0.254 e. The molecule has 15 heavy (non-hydrogen) atoms. The monoisotopic (exact) mass is 268 g/mol. The van der Waals surface area contributed by atoms with Crippen LogP contribution in [-0.2, 0) is 9.59 Å². The van der Waals surface area contributed by atoms with Crippen LogP contribution in [0.1, 0.15) is 5.56 Å². The molecule has 0 spiro atoms. The van der Waals surface area contributed by atoms with Gasteiger partial charge in [0.25, 0.3) is 11.8 Å². The molecular weight excluding hydrogens is 260 g/mol. The molecule has 0 bridgehead atoms. The van der Waals surface area contributed by atoms with Gasteiger partial charge in [0.15, 0.2) is 0 Å². The highest BCUT2D eigenvalue weighted by atomic mass is 79.9. The average Bonchev–Trinajstić information content (AvgIpc) is 2.15. The fraction of sp³-hybridized carbons (Fsp3) is 0. The number of carbonyl (C=O) groups excluding carboxylic acids is 2. The highest BCUT2D eigenvalue weighted by molar-refractivity contribution is 9.10. The molecule has 0 heterocycles. The molecule has 4 N–H and O–H groups in total. The van der Waals surface area contributed by atoms with Crippen LogP contribution in [0.3, 0.4) is 0 Å². The van der Waals surface area contributed by atoms with Gasteiger partial charge >= 0.3 is 0 Å². The van der Waals surface area contributed by atoms with Gasteiger partial charge in [0, 0.05) is 4.47 Å². The molecule has 4 nitrogen and oxygen atoms in total. The molecule has 0 aromatic heterocycles. The van der Waals surface area contributed by atoms with Crippen molar-refractivity contribution in [3.8, 4) is 0 Å². The Bertz CT molecular complexity index is 408. The van der Waals surface area contributed by atoms with Crippen molar-refractivity contribution in [3.05, 3.63) is 39.9 Å². The normalized spacial score (nSPS) is 9.40. The quantitative estimate of drug-likeness (QED) is 0.483. The van der Waals surface area contributed by atoms with E-state index in [1.165, 1.54) is 6.08 Å². The van der Waals surface area contributed by atoms with Gasteiger partial charge in [-0.1, -0.05) is 28.1 Å². The van der Waals surface area contributed by atoms with E-state index in [0.717, 1.165) is 4.47 Å². The predicted octanol–water partition coefficient (Wildman–Crippen LogP) is 0.803. The van der Waals surface area contributed by atoms with Crippen LogP contribution < -0.4 is 11.5 Å². The third-order valence-electron chi connectivity index (χ3n) is 1.71. The molecule has 0 saturated carbocycles. The van der Waals surface area contributed by atoms with E-state index >= 15 is 0 Å². The highest BCUT2D eigenvalue weighted by Gasteiger charge is 2.10. The molecule has 1 aromatic rings. The van der Waals surface area contributed by atoms with Crippen LogP contribution in [0.25, 0.3) is 6.08 Å². The molecule has 78 valence electrons. The SMILES string of the molecule is NC(=O)C(=Cc1ccc(Br)cc1)C(N)=O. The van der Waals surface area contributed by atoms with Gasteiger partial charge in [0.2, 0.25) is 0 Å². The largest absolute Gasteiger partial charge is 0.365 e. The number of halogens is 1. The second-order valence-electron chi connectivity index (χ2n) is 2.84. The first-order chi connectivity index (χ1) is 7.00. The second kappa shape index (κ2) is 4.75. The van der Waals surface area contributed by atoms with Crippen LogP contribution in [0.2, 0.25) is 0 Å². The first-order valence-corrected chi connectivity index (χ1v) is 4.87. The zero-order valence-electron chi connectivity index (χ0n) is 7.74. The third-order valence-corrected chi connectivity index (χ3v) is 2.24. The van der Waals surface area contributed by atoms with Crippen molar-refractivity contribution in [1.82, 2.24) is 0 Å². The fourth-order valence-corrected chi connectivity index (χ4v) is 1.25. The van der Waals surface area contributed by atoms with Crippen LogP contribution >= 0.6 is 15.9 Å². The molecule has 0 unspecified atom stereocenters. The van der Waals surface area contributed by atoms with E-state index in [9.17, 15) is 9.59 Å². The van der Waals surface area contributed by atoms with E-state index in [2.05, 4.69) is 15.9 Å². The topological polar surface area (TPSA) is 86.2 Å². The molecule has 0 aliphatic carbocycles. The zero-order valence-corrected chi connectivity index (χ0v) is 9.32. The predicted molar refractivity (Wildman–Crippen MR) is 60.5 cm³/mol. The van der Waals surface area contributed by atoms with Crippen LogP contribution in [0, 0.1) is 0 Å². The van der Waals surface area contributed by atoms with Crippen LogP contribution in [0.5, 0.6) is 0 Å². The van der Waals surface area contributed by atoms with E-state index in [-0.39, 0.29) is 5.57 Å². The van der Waals surface area contributed by atoms with Crippen molar-refractivity contribution < 1.29 is 9.59 Å². The van der Waals surface area contributed by atoms with Crippen LogP contribution in [-0.4, -0.2) is 11.8 Å². The minimum Gasteiger partial charge on any atom is -0.365 e. The van der Waals surface area contributed by atoms with Crippen molar-refractivity contribution in [2.24, 2.45) is 11.5 Å². The molecule has 0 aliphatic rings. The summed E-state index contributed by atoms with van der Waals surface area (Å²) in [6.07, 6.45) is 1.36. The Balaban J connectivity index is 3.08. The van der Waals surface area contributed by atoms with Crippen molar-refractivity contribution in [3.63, 3.8) is 0 Å².